The molecule has 0 saturated carbocycles. The molecule has 13 nitrogen and oxygen atoms in total. The van der Waals surface area contributed by atoms with Crippen molar-refractivity contribution in [2.24, 2.45) is 0 Å². The summed E-state index contributed by atoms with van der Waals surface area (Å²) in [6, 6.07) is -1.14. The lowest BCUT2D eigenvalue weighted by Gasteiger charge is -2.41. The number of amides is 1. The van der Waals surface area contributed by atoms with Crippen molar-refractivity contribution in [3.8, 4) is 0 Å². The van der Waals surface area contributed by atoms with Crippen LogP contribution >= 0.6 is 0 Å². The lowest BCUT2D eigenvalue weighted by atomic mass is 9.99. The number of rotatable bonds is 40. The zero-order chi connectivity index (χ0) is 45.7. The fraction of sp³-hybridized carbons (Fsp3) is 0.812. The van der Waals surface area contributed by atoms with E-state index >= 15 is 0 Å². The van der Waals surface area contributed by atoms with E-state index in [1.54, 1.807) is 6.08 Å². The summed E-state index contributed by atoms with van der Waals surface area (Å²) in [6.45, 7) is 3.06. The Hall–Kier alpha value is -1.98. The van der Waals surface area contributed by atoms with Crippen molar-refractivity contribution in [1.82, 2.24) is 5.32 Å². The molecule has 1 saturated heterocycles. The van der Waals surface area contributed by atoms with E-state index in [4.69, 9.17) is 14.0 Å². The molecule has 0 aromatic rings. The van der Waals surface area contributed by atoms with Crippen LogP contribution in [-0.2, 0) is 28.9 Å². The normalized spacial score (nSPS) is 21.5. The van der Waals surface area contributed by atoms with E-state index in [1.165, 1.54) is 102 Å². The topological polar surface area (TPSA) is 212 Å². The predicted molar refractivity (Wildman–Crippen MR) is 247 cm³/mol. The van der Waals surface area contributed by atoms with Gasteiger partial charge in [0.1, 0.15) is 30.5 Å². The van der Waals surface area contributed by atoms with E-state index in [9.17, 15) is 38.7 Å². The highest BCUT2D eigenvalue weighted by Gasteiger charge is 2.48. The first-order valence-electron chi connectivity index (χ1n) is 24.1. The molecule has 0 aromatic heterocycles. The Bertz CT molecular complexity index is 1310. The fourth-order valence-corrected chi connectivity index (χ4v) is 7.85. The largest absolute Gasteiger partial charge is 0.397 e. The van der Waals surface area contributed by atoms with Gasteiger partial charge in [-0.2, -0.15) is 8.42 Å². The fourth-order valence-electron chi connectivity index (χ4n) is 7.34. The lowest BCUT2D eigenvalue weighted by Crippen LogP contribution is -2.61. The van der Waals surface area contributed by atoms with Crippen LogP contribution in [0.2, 0.25) is 0 Å². The molecule has 0 spiro atoms. The van der Waals surface area contributed by atoms with Crippen LogP contribution in [0.25, 0.3) is 0 Å². The first-order valence-corrected chi connectivity index (χ1v) is 25.5. The van der Waals surface area contributed by atoms with Crippen molar-refractivity contribution >= 4 is 16.3 Å². The number of allylic oxidation sites excluding steroid dienone is 7. The van der Waals surface area contributed by atoms with Crippen molar-refractivity contribution in [3.05, 3.63) is 48.6 Å². The zero-order valence-corrected chi connectivity index (χ0v) is 39.1. The molecule has 1 rings (SSSR count). The molecular weight excluding hydrogens is 815 g/mol. The number of nitrogens with one attached hydrogen (secondary N) is 1. The maximum Gasteiger partial charge on any atom is 0.397 e. The summed E-state index contributed by atoms with van der Waals surface area (Å²) in [5.41, 5.74) is 0. The number of aliphatic hydroxyl groups is 5. The average Bonchev–Trinajstić information content (AvgIpc) is 3.24. The summed E-state index contributed by atoms with van der Waals surface area (Å²) in [5.74, 6) is -0.721. The Morgan fingerprint density at radius 1 is 0.661 bits per heavy atom. The van der Waals surface area contributed by atoms with Crippen LogP contribution < -0.4 is 5.32 Å². The van der Waals surface area contributed by atoms with Crippen molar-refractivity contribution in [3.63, 3.8) is 0 Å². The molecule has 1 aliphatic heterocycles. The van der Waals surface area contributed by atoms with Gasteiger partial charge in [0, 0.05) is 0 Å². The molecule has 0 aliphatic carbocycles. The standard InChI is InChI=1S/C48H87NO12S/c1-3-5-7-9-11-12-13-14-15-16-17-18-19-20-21-22-23-24-25-26-27-28-29-31-33-35-37-42(52)47(55)49-40(41(51)36-34-32-30-10-8-6-4-2)39-59-48-45(54)46(61-62(56,57)58)44(53)43(38-50)60-48/h8,10,17-18,20-21,34,36,40-46,48,50-54H,3-7,9,11-16,19,22-33,35,37-39H2,1-2H3,(H,49,55)(H,56,57,58)/b10-8+,18-17-,21-20-,36-34+. The third-order valence-corrected chi connectivity index (χ3v) is 11.6. The summed E-state index contributed by atoms with van der Waals surface area (Å²) in [5, 5.41) is 54.9. The van der Waals surface area contributed by atoms with Gasteiger partial charge >= 0.3 is 10.4 Å². The minimum absolute atomic E-state index is 0.231. The second-order valence-electron chi connectivity index (χ2n) is 16.8. The molecule has 14 heteroatoms. The summed E-state index contributed by atoms with van der Waals surface area (Å²) in [7, 11) is -5.12. The maximum absolute atomic E-state index is 13.0. The van der Waals surface area contributed by atoms with E-state index < -0.39 is 78.5 Å². The van der Waals surface area contributed by atoms with Crippen LogP contribution in [0.4, 0.5) is 0 Å². The SMILES string of the molecule is CCC/C=C/CC/C=C/C(O)C(COC1OC(CO)C(O)C(OS(=O)(=O)O)C1O)NC(=O)C(O)CCCCCCCCCCCC/C=C\C/C=C\CCCCCCCCCCC. The Balaban J connectivity index is 2.35. The van der Waals surface area contributed by atoms with Crippen molar-refractivity contribution in [2.75, 3.05) is 13.2 Å². The predicted octanol–water partition coefficient (Wildman–Crippen LogP) is 8.63. The smallest absolute Gasteiger partial charge is 0.394 e. The molecule has 0 radical (unpaired) electrons. The highest BCUT2D eigenvalue weighted by molar-refractivity contribution is 7.80. The van der Waals surface area contributed by atoms with E-state index in [1.807, 2.05) is 6.08 Å². The minimum Gasteiger partial charge on any atom is -0.394 e. The van der Waals surface area contributed by atoms with Crippen LogP contribution in [0.5, 0.6) is 0 Å². The van der Waals surface area contributed by atoms with Gasteiger partial charge in [-0.15, -0.1) is 0 Å². The zero-order valence-electron chi connectivity index (χ0n) is 38.3. The molecule has 1 fully saturated rings. The Morgan fingerprint density at radius 3 is 1.69 bits per heavy atom. The van der Waals surface area contributed by atoms with Gasteiger partial charge in [-0.05, 0) is 57.8 Å². The number of hydrogen-bond acceptors (Lipinski definition) is 11. The van der Waals surface area contributed by atoms with Gasteiger partial charge in [0.15, 0.2) is 6.29 Å². The van der Waals surface area contributed by atoms with Gasteiger partial charge in [-0.1, -0.05) is 178 Å². The van der Waals surface area contributed by atoms with Crippen molar-refractivity contribution < 1.29 is 57.0 Å². The molecule has 1 heterocycles. The summed E-state index contributed by atoms with van der Waals surface area (Å²) in [6.07, 6.45) is 35.4. The highest BCUT2D eigenvalue weighted by atomic mass is 32.3. The molecule has 0 aromatic carbocycles. The highest BCUT2D eigenvalue weighted by Crippen LogP contribution is 2.26. The summed E-state index contributed by atoms with van der Waals surface area (Å²) in [4.78, 5) is 13.0. The van der Waals surface area contributed by atoms with E-state index in [0.717, 1.165) is 57.8 Å². The Morgan fingerprint density at radius 2 is 1.16 bits per heavy atom. The van der Waals surface area contributed by atoms with Crippen LogP contribution in [0.15, 0.2) is 48.6 Å². The van der Waals surface area contributed by atoms with Gasteiger partial charge in [0.2, 0.25) is 5.91 Å². The van der Waals surface area contributed by atoms with E-state index in [-0.39, 0.29) is 6.42 Å². The second kappa shape index (κ2) is 38.3. The maximum atomic E-state index is 13.0. The number of hydrogen-bond donors (Lipinski definition) is 7. The number of unbranched alkanes of at least 4 members (excludes halogenated alkanes) is 21. The van der Waals surface area contributed by atoms with Gasteiger partial charge < -0.3 is 40.3 Å². The van der Waals surface area contributed by atoms with Gasteiger partial charge in [0.25, 0.3) is 0 Å². The van der Waals surface area contributed by atoms with Crippen LogP contribution in [0, 0.1) is 0 Å². The molecule has 362 valence electrons. The molecule has 0 bridgehead atoms. The molecule has 1 amide bonds. The van der Waals surface area contributed by atoms with E-state index in [0.29, 0.717) is 12.8 Å². The third-order valence-electron chi connectivity index (χ3n) is 11.2. The lowest BCUT2D eigenvalue weighted by molar-refractivity contribution is -0.298. The van der Waals surface area contributed by atoms with Crippen LogP contribution in [-0.4, -0.2) is 107 Å². The first-order chi connectivity index (χ1) is 29.9. The third kappa shape index (κ3) is 30.2. The van der Waals surface area contributed by atoms with Crippen molar-refractivity contribution in [1.29, 1.82) is 0 Å². The molecule has 62 heavy (non-hydrogen) atoms. The quantitative estimate of drug-likeness (QED) is 0.0175. The monoisotopic (exact) mass is 902 g/mol. The van der Waals surface area contributed by atoms with Gasteiger partial charge in [-0.3, -0.25) is 9.35 Å². The van der Waals surface area contributed by atoms with Gasteiger partial charge in [-0.25, -0.2) is 4.18 Å². The number of ether oxygens (including phenoxy) is 2. The Labute approximate surface area is 375 Å². The van der Waals surface area contributed by atoms with Crippen LogP contribution in [0.1, 0.15) is 187 Å². The molecule has 1 aliphatic rings. The molecular formula is C48H87NO12S. The number of carbonyl (C=O) groups is 1. The molecule has 8 atom stereocenters. The second-order valence-corrected chi connectivity index (χ2v) is 17.9. The summed E-state index contributed by atoms with van der Waals surface area (Å²) < 4.78 is 47.3. The number of carbonyl (C=O) groups excluding carboxylic acids is 1. The average molecular weight is 902 g/mol. The molecule has 8 unspecified atom stereocenters. The number of aliphatic hydroxyl groups excluding tert-OH is 5. The first kappa shape index (κ1) is 58.0. The van der Waals surface area contributed by atoms with E-state index in [2.05, 4.69) is 53.7 Å². The minimum atomic E-state index is -5.12. The van der Waals surface area contributed by atoms with Crippen LogP contribution in [0.3, 0.4) is 0 Å². The molecule has 7 N–H and O–H groups in total. The van der Waals surface area contributed by atoms with Crippen molar-refractivity contribution in [2.45, 2.75) is 236 Å². The Kier molecular flexibility index (Phi) is 35.9. The van der Waals surface area contributed by atoms with Gasteiger partial charge in [0.05, 0.1) is 25.4 Å². The summed E-state index contributed by atoms with van der Waals surface area (Å²) >= 11 is 0.